The third-order valence-corrected chi connectivity index (χ3v) is 2.67. The van der Waals surface area contributed by atoms with Crippen LogP contribution in [0.25, 0.3) is 0 Å². The Bertz CT molecular complexity index is 658. The summed E-state index contributed by atoms with van der Waals surface area (Å²) in [5, 5.41) is 6.54. The first kappa shape index (κ1) is 10.5. The molecule has 3 rings (SSSR count). The van der Waals surface area contributed by atoms with Gasteiger partial charge in [-0.15, -0.1) is 10.2 Å². The van der Waals surface area contributed by atoms with Crippen molar-refractivity contribution >= 4 is 11.8 Å². The molecule has 0 saturated heterocycles. The quantitative estimate of drug-likeness (QED) is 0.801. The number of nitrogens with zero attached hydrogens (tertiary/aromatic N) is 4. The summed E-state index contributed by atoms with van der Waals surface area (Å²) < 4.78 is 1.61. The molecule has 0 radical (unpaired) electrons. The Morgan fingerprint density at radius 3 is 2.50 bits per heavy atom. The van der Waals surface area contributed by atoms with Crippen molar-refractivity contribution in [2.24, 2.45) is 10.2 Å². The molecule has 1 aromatic carbocycles. The van der Waals surface area contributed by atoms with Crippen molar-refractivity contribution in [1.29, 1.82) is 0 Å². The summed E-state index contributed by atoms with van der Waals surface area (Å²) in [5.74, 6) is -1.10. The Hall–Kier alpha value is -2.63. The van der Waals surface area contributed by atoms with E-state index in [1.165, 1.54) is 6.33 Å². The second kappa shape index (κ2) is 3.99. The minimum atomic E-state index is -0.573. The first-order valence-electron chi connectivity index (χ1n) is 5.35. The Morgan fingerprint density at radius 1 is 1.00 bits per heavy atom. The summed E-state index contributed by atoms with van der Waals surface area (Å²) in [5.41, 5.74) is 1.30. The molecule has 2 heterocycles. The Balaban J connectivity index is 2.01. The van der Waals surface area contributed by atoms with Gasteiger partial charge in [-0.1, -0.05) is 30.3 Å². The van der Waals surface area contributed by atoms with E-state index in [1.54, 1.807) is 4.57 Å². The van der Waals surface area contributed by atoms with Crippen molar-refractivity contribution in [2.75, 3.05) is 0 Å². The SMILES string of the molecule is O=C1N=NC(=O)c2c1ncn2Cc1ccccc1. The lowest BCUT2D eigenvalue weighted by molar-refractivity contribution is 0.0912. The third kappa shape index (κ3) is 1.64. The highest BCUT2D eigenvalue weighted by Gasteiger charge is 2.27. The van der Waals surface area contributed by atoms with Crippen LogP contribution < -0.4 is 0 Å². The second-order valence-electron chi connectivity index (χ2n) is 3.87. The predicted octanol–water partition coefficient (Wildman–Crippen LogP) is 1.68. The van der Waals surface area contributed by atoms with Crippen LogP contribution in [0.1, 0.15) is 26.5 Å². The molecule has 0 atom stereocenters. The Kier molecular flexibility index (Phi) is 2.33. The molecule has 2 amide bonds. The van der Waals surface area contributed by atoms with Gasteiger partial charge in [-0.2, -0.15) is 0 Å². The molecule has 1 aliphatic heterocycles. The van der Waals surface area contributed by atoms with Crippen LogP contribution in [0, 0.1) is 0 Å². The normalized spacial score (nSPS) is 13.8. The molecule has 18 heavy (non-hydrogen) atoms. The zero-order valence-corrected chi connectivity index (χ0v) is 9.28. The van der Waals surface area contributed by atoms with Crippen LogP contribution in [0.4, 0.5) is 0 Å². The zero-order valence-electron chi connectivity index (χ0n) is 9.28. The molecule has 2 aromatic rings. The minimum Gasteiger partial charge on any atom is -0.321 e. The van der Waals surface area contributed by atoms with E-state index in [1.807, 2.05) is 30.3 Å². The average Bonchev–Trinajstić information content (AvgIpc) is 2.80. The molecule has 6 nitrogen and oxygen atoms in total. The maximum atomic E-state index is 11.6. The van der Waals surface area contributed by atoms with Gasteiger partial charge in [-0.05, 0) is 5.56 Å². The largest absolute Gasteiger partial charge is 0.321 e. The molecule has 0 spiro atoms. The van der Waals surface area contributed by atoms with Crippen LogP contribution in [-0.4, -0.2) is 21.4 Å². The highest BCUT2D eigenvalue weighted by molar-refractivity contribution is 6.08. The van der Waals surface area contributed by atoms with Gasteiger partial charge in [0.15, 0.2) is 5.69 Å². The zero-order chi connectivity index (χ0) is 12.5. The van der Waals surface area contributed by atoms with Gasteiger partial charge in [-0.25, -0.2) is 4.98 Å². The number of carbonyl (C=O) groups is 2. The highest BCUT2D eigenvalue weighted by Crippen LogP contribution is 2.17. The van der Waals surface area contributed by atoms with E-state index in [0.29, 0.717) is 6.54 Å². The smallest absolute Gasteiger partial charge is 0.316 e. The number of hydrogen-bond acceptors (Lipinski definition) is 3. The van der Waals surface area contributed by atoms with Gasteiger partial charge in [-0.3, -0.25) is 9.59 Å². The summed E-state index contributed by atoms with van der Waals surface area (Å²) in [4.78, 5) is 27.0. The van der Waals surface area contributed by atoms with Crippen LogP contribution in [0.3, 0.4) is 0 Å². The van der Waals surface area contributed by atoms with Gasteiger partial charge in [0, 0.05) is 6.54 Å². The van der Waals surface area contributed by atoms with E-state index < -0.39 is 11.8 Å². The second-order valence-corrected chi connectivity index (χ2v) is 3.87. The summed E-state index contributed by atoms with van der Waals surface area (Å²) in [6, 6.07) is 9.60. The number of amides is 2. The van der Waals surface area contributed by atoms with Crippen LogP contribution in [0.5, 0.6) is 0 Å². The highest BCUT2D eigenvalue weighted by atomic mass is 16.2. The maximum absolute atomic E-state index is 11.6. The minimum absolute atomic E-state index is 0.0749. The first-order valence-corrected chi connectivity index (χ1v) is 5.35. The number of hydrogen-bond donors (Lipinski definition) is 0. The van der Waals surface area contributed by atoms with Crippen molar-refractivity contribution in [3.05, 3.63) is 53.6 Å². The standard InChI is InChI=1S/C12H8N4O2/c17-11-9-10(12(18)15-14-11)16(7-13-9)6-8-4-2-1-3-5-8/h1-5,7H,6H2. The maximum Gasteiger partial charge on any atom is 0.316 e. The van der Waals surface area contributed by atoms with Crippen molar-refractivity contribution in [1.82, 2.24) is 9.55 Å². The summed E-state index contributed by atoms with van der Waals surface area (Å²) in [7, 11) is 0. The van der Waals surface area contributed by atoms with Crippen LogP contribution in [0.2, 0.25) is 0 Å². The van der Waals surface area contributed by atoms with Crippen molar-refractivity contribution in [3.8, 4) is 0 Å². The lowest BCUT2D eigenvalue weighted by Crippen LogP contribution is -2.15. The number of carbonyl (C=O) groups excluding carboxylic acids is 2. The molecule has 6 heteroatoms. The van der Waals surface area contributed by atoms with Gasteiger partial charge in [0.2, 0.25) is 0 Å². The van der Waals surface area contributed by atoms with Gasteiger partial charge in [0.1, 0.15) is 5.69 Å². The van der Waals surface area contributed by atoms with Crippen LogP contribution in [0.15, 0.2) is 46.9 Å². The van der Waals surface area contributed by atoms with E-state index in [9.17, 15) is 9.59 Å². The number of rotatable bonds is 2. The third-order valence-electron chi connectivity index (χ3n) is 2.67. The van der Waals surface area contributed by atoms with Gasteiger partial charge in [0.25, 0.3) is 0 Å². The summed E-state index contributed by atoms with van der Waals surface area (Å²) >= 11 is 0. The fourth-order valence-corrected chi connectivity index (χ4v) is 1.85. The molecule has 0 aliphatic carbocycles. The van der Waals surface area contributed by atoms with Gasteiger partial charge < -0.3 is 4.57 Å². The number of aromatic nitrogens is 2. The van der Waals surface area contributed by atoms with Crippen molar-refractivity contribution in [3.63, 3.8) is 0 Å². The molecule has 1 aromatic heterocycles. The van der Waals surface area contributed by atoms with E-state index in [4.69, 9.17) is 0 Å². The number of fused-ring (bicyclic) bond motifs is 1. The molecule has 88 valence electrons. The monoisotopic (exact) mass is 240 g/mol. The number of azo groups is 1. The molecule has 0 bridgehead atoms. The molecular formula is C12H8N4O2. The van der Waals surface area contributed by atoms with Crippen LogP contribution >= 0.6 is 0 Å². The first-order chi connectivity index (χ1) is 8.75. The fourth-order valence-electron chi connectivity index (χ4n) is 1.85. The topological polar surface area (TPSA) is 76.7 Å². The van der Waals surface area contributed by atoms with E-state index in [0.717, 1.165) is 5.56 Å². The van der Waals surface area contributed by atoms with Gasteiger partial charge in [0.05, 0.1) is 6.33 Å². The fraction of sp³-hybridized carbons (Fsp3) is 0.0833. The summed E-state index contributed by atoms with van der Waals surface area (Å²) in [6.45, 7) is 0.470. The lowest BCUT2D eigenvalue weighted by Gasteiger charge is -2.07. The van der Waals surface area contributed by atoms with Crippen LogP contribution in [-0.2, 0) is 6.54 Å². The number of benzene rings is 1. The molecule has 0 fully saturated rings. The molecule has 1 aliphatic rings. The molecule has 0 N–H and O–H groups in total. The molecule has 0 unspecified atom stereocenters. The van der Waals surface area contributed by atoms with E-state index in [-0.39, 0.29) is 11.4 Å². The summed E-state index contributed by atoms with van der Waals surface area (Å²) in [6.07, 6.45) is 1.46. The predicted molar refractivity (Wildman–Crippen MR) is 61.3 cm³/mol. The van der Waals surface area contributed by atoms with E-state index in [2.05, 4.69) is 15.2 Å². The molecular weight excluding hydrogens is 232 g/mol. The van der Waals surface area contributed by atoms with E-state index >= 15 is 0 Å². The number of imidazole rings is 1. The van der Waals surface area contributed by atoms with Crippen molar-refractivity contribution in [2.45, 2.75) is 6.54 Å². The average molecular weight is 240 g/mol. The van der Waals surface area contributed by atoms with Crippen molar-refractivity contribution < 1.29 is 9.59 Å². The Labute approximate surface area is 102 Å². The Morgan fingerprint density at radius 2 is 1.72 bits per heavy atom. The lowest BCUT2D eigenvalue weighted by atomic mass is 10.2. The van der Waals surface area contributed by atoms with Gasteiger partial charge >= 0.3 is 11.8 Å². The molecule has 0 saturated carbocycles.